The van der Waals surface area contributed by atoms with E-state index >= 15 is 0 Å². The first-order valence-corrected chi connectivity index (χ1v) is 11.6. The monoisotopic (exact) mass is 450 g/mol. The number of anilines is 1. The number of carbonyl (C=O) groups is 3. The number of hydrogen-bond donors (Lipinski definition) is 1. The summed E-state index contributed by atoms with van der Waals surface area (Å²) < 4.78 is 31.7. The van der Waals surface area contributed by atoms with Crippen LogP contribution in [0.1, 0.15) is 39.8 Å². The molecule has 1 aliphatic rings. The summed E-state index contributed by atoms with van der Waals surface area (Å²) in [5.41, 5.74) is 0.849. The maximum atomic E-state index is 12.8. The zero-order chi connectivity index (χ0) is 21.9. The van der Waals surface area contributed by atoms with Gasteiger partial charge < -0.3 is 10.1 Å². The van der Waals surface area contributed by atoms with Gasteiger partial charge in [-0.05, 0) is 43.3 Å². The predicted octanol–water partition coefficient (Wildman–Crippen LogP) is 2.78. The average molecular weight is 451 g/mol. The van der Waals surface area contributed by atoms with Crippen LogP contribution in [0.15, 0.2) is 40.6 Å². The number of piperidine rings is 1. The number of benzene rings is 1. The van der Waals surface area contributed by atoms with Gasteiger partial charge in [-0.25, -0.2) is 13.2 Å². The van der Waals surface area contributed by atoms with Gasteiger partial charge in [0, 0.05) is 24.6 Å². The second kappa shape index (κ2) is 9.07. The number of esters is 1. The van der Waals surface area contributed by atoms with Crippen LogP contribution < -0.4 is 5.32 Å². The highest BCUT2D eigenvalue weighted by Crippen LogP contribution is 2.27. The molecule has 3 rings (SSSR count). The number of ketones is 1. The van der Waals surface area contributed by atoms with Gasteiger partial charge in [0.2, 0.25) is 15.9 Å². The Hall–Kier alpha value is -2.56. The fourth-order valence-electron chi connectivity index (χ4n) is 3.26. The van der Waals surface area contributed by atoms with Crippen molar-refractivity contribution in [2.45, 2.75) is 24.7 Å². The van der Waals surface area contributed by atoms with E-state index in [1.807, 2.05) is 0 Å². The number of rotatable bonds is 6. The number of nitrogens with one attached hydrogen (secondary N) is 1. The second-order valence-corrected chi connectivity index (χ2v) is 9.76. The number of carbonyl (C=O) groups excluding carboxylic acids is 3. The molecule has 1 aromatic carbocycles. The number of thiophene rings is 1. The summed E-state index contributed by atoms with van der Waals surface area (Å²) in [6.45, 7) is 1.84. The second-order valence-electron chi connectivity index (χ2n) is 6.90. The number of amides is 1. The molecule has 160 valence electrons. The summed E-state index contributed by atoms with van der Waals surface area (Å²) in [6, 6.07) is 7.48. The van der Waals surface area contributed by atoms with Crippen molar-refractivity contribution in [3.63, 3.8) is 0 Å². The number of Topliss-reactive ketones (excluding diaryl/α,β-unsaturated/α-hetero) is 1. The van der Waals surface area contributed by atoms with Crippen LogP contribution in [-0.2, 0) is 19.6 Å². The highest BCUT2D eigenvalue weighted by atomic mass is 32.2. The smallest absolute Gasteiger partial charge is 0.350 e. The van der Waals surface area contributed by atoms with Crippen molar-refractivity contribution in [3.05, 3.63) is 46.2 Å². The first-order valence-electron chi connectivity index (χ1n) is 9.32. The van der Waals surface area contributed by atoms with Gasteiger partial charge in [-0.15, -0.1) is 11.3 Å². The van der Waals surface area contributed by atoms with Crippen molar-refractivity contribution in [3.8, 4) is 0 Å². The molecule has 2 heterocycles. The first-order chi connectivity index (χ1) is 14.2. The van der Waals surface area contributed by atoms with E-state index in [0.29, 0.717) is 29.0 Å². The predicted molar refractivity (Wildman–Crippen MR) is 112 cm³/mol. The molecule has 0 atom stereocenters. The van der Waals surface area contributed by atoms with Crippen LogP contribution in [0, 0.1) is 5.92 Å². The van der Waals surface area contributed by atoms with E-state index in [2.05, 4.69) is 5.32 Å². The van der Waals surface area contributed by atoms with E-state index in [4.69, 9.17) is 4.74 Å². The lowest BCUT2D eigenvalue weighted by atomic mass is 9.97. The SMILES string of the molecule is COC(=O)c1sccc1NC(=O)C1CCN(S(=O)(=O)c2ccc(C(C)=O)cc2)CC1. The van der Waals surface area contributed by atoms with Gasteiger partial charge in [0.15, 0.2) is 5.78 Å². The van der Waals surface area contributed by atoms with E-state index < -0.39 is 16.0 Å². The Balaban J connectivity index is 1.62. The van der Waals surface area contributed by atoms with Crippen LogP contribution in [0.4, 0.5) is 5.69 Å². The molecule has 10 heteroatoms. The van der Waals surface area contributed by atoms with Gasteiger partial charge in [-0.3, -0.25) is 9.59 Å². The van der Waals surface area contributed by atoms with Gasteiger partial charge in [-0.1, -0.05) is 12.1 Å². The lowest BCUT2D eigenvalue weighted by Gasteiger charge is -2.30. The summed E-state index contributed by atoms with van der Waals surface area (Å²) in [7, 11) is -2.42. The largest absolute Gasteiger partial charge is 0.465 e. The van der Waals surface area contributed by atoms with Crippen molar-refractivity contribution < 1.29 is 27.5 Å². The number of sulfonamides is 1. The summed E-state index contributed by atoms with van der Waals surface area (Å²) in [4.78, 5) is 36.2. The Morgan fingerprint density at radius 1 is 1.10 bits per heavy atom. The van der Waals surface area contributed by atoms with Crippen LogP contribution in [0.5, 0.6) is 0 Å². The Bertz CT molecular complexity index is 1050. The highest BCUT2D eigenvalue weighted by Gasteiger charge is 2.32. The first kappa shape index (κ1) is 22.1. The molecule has 30 heavy (non-hydrogen) atoms. The lowest BCUT2D eigenvalue weighted by Crippen LogP contribution is -2.41. The number of ether oxygens (including phenoxy) is 1. The maximum absolute atomic E-state index is 12.8. The molecule has 1 amide bonds. The van der Waals surface area contributed by atoms with E-state index in [9.17, 15) is 22.8 Å². The van der Waals surface area contributed by atoms with Gasteiger partial charge in [0.25, 0.3) is 0 Å². The summed E-state index contributed by atoms with van der Waals surface area (Å²) in [5.74, 6) is -1.26. The molecule has 1 N–H and O–H groups in total. The Morgan fingerprint density at radius 2 is 1.73 bits per heavy atom. The van der Waals surface area contributed by atoms with Crippen molar-refractivity contribution in [1.29, 1.82) is 0 Å². The molecule has 0 saturated carbocycles. The molecule has 8 nitrogen and oxygen atoms in total. The fourth-order valence-corrected chi connectivity index (χ4v) is 5.50. The molecular formula is C20H22N2O6S2. The molecule has 2 aromatic rings. The minimum absolute atomic E-state index is 0.122. The lowest BCUT2D eigenvalue weighted by molar-refractivity contribution is -0.120. The minimum Gasteiger partial charge on any atom is -0.465 e. The molecule has 0 aliphatic carbocycles. The van der Waals surface area contributed by atoms with Crippen molar-refractivity contribution in [2.75, 3.05) is 25.5 Å². The molecule has 1 fully saturated rings. The number of nitrogens with zero attached hydrogens (tertiary/aromatic N) is 1. The van der Waals surface area contributed by atoms with E-state index in [1.54, 1.807) is 11.4 Å². The zero-order valence-electron chi connectivity index (χ0n) is 16.6. The molecule has 0 radical (unpaired) electrons. The summed E-state index contributed by atoms with van der Waals surface area (Å²) in [6.07, 6.45) is 0.739. The molecule has 1 aliphatic heterocycles. The van der Waals surface area contributed by atoms with Crippen LogP contribution in [0.3, 0.4) is 0 Å². The van der Waals surface area contributed by atoms with Crippen LogP contribution in [-0.4, -0.2) is 50.6 Å². The topological polar surface area (TPSA) is 110 Å². The fraction of sp³-hybridized carbons (Fsp3) is 0.350. The maximum Gasteiger partial charge on any atom is 0.350 e. The van der Waals surface area contributed by atoms with Crippen LogP contribution in [0.25, 0.3) is 0 Å². The van der Waals surface area contributed by atoms with Crippen LogP contribution >= 0.6 is 11.3 Å². The number of hydrogen-bond acceptors (Lipinski definition) is 7. The van der Waals surface area contributed by atoms with E-state index in [1.165, 1.54) is 53.9 Å². The van der Waals surface area contributed by atoms with Gasteiger partial charge >= 0.3 is 5.97 Å². The van der Waals surface area contributed by atoms with Gasteiger partial charge in [-0.2, -0.15) is 4.31 Å². The third-order valence-electron chi connectivity index (χ3n) is 5.02. The Labute approximate surface area is 178 Å². The molecule has 0 bridgehead atoms. The molecule has 1 saturated heterocycles. The van der Waals surface area contributed by atoms with Gasteiger partial charge in [0.1, 0.15) is 4.88 Å². The van der Waals surface area contributed by atoms with Gasteiger partial charge in [0.05, 0.1) is 17.7 Å². The van der Waals surface area contributed by atoms with Crippen molar-refractivity contribution in [1.82, 2.24) is 4.31 Å². The standard InChI is InChI=1S/C20H22N2O6S2/c1-13(23)14-3-5-16(6-4-14)30(26,27)22-10-7-15(8-11-22)19(24)21-17-9-12-29-18(17)20(25)28-2/h3-6,9,12,15H,7-8,10-11H2,1-2H3,(H,21,24). The zero-order valence-corrected chi connectivity index (χ0v) is 18.2. The molecule has 1 aromatic heterocycles. The average Bonchev–Trinajstić information content (AvgIpc) is 3.21. The quantitative estimate of drug-likeness (QED) is 0.535. The van der Waals surface area contributed by atoms with E-state index in [0.717, 1.165) is 0 Å². The molecular weight excluding hydrogens is 428 g/mol. The third-order valence-corrected chi connectivity index (χ3v) is 7.82. The van der Waals surface area contributed by atoms with E-state index in [-0.39, 0.29) is 35.6 Å². The van der Waals surface area contributed by atoms with Crippen molar-refractivity contribution in [2.24, 2.45) is 5.92 Å². The highest BCUT2D eigenvalue weighted by molar-refractivity contribution is 7.89. The molecule has 0 spiro atoms. The van der Waals surface area contributed by atoms with Crippen LogP contribution in [0.2, 0.25) is 0 Å². The number of methoxy groups -OCH3 is 1. The summed E-state index contributed by atoms with van der Waals surface area (Å²) in [5, 5.41) is 4.44. The van der Waals surface area contributed by atoms with Crippen molar-refractivity contribution >= 4 is 44.7 Å². The Kier molecular flexibility index (Phi) is 6.69. The summed E-state index contributed by atoms with van der Waals surface area (Å²) >= 11 is 1.18. The Morgan fingerprint density at radius 3 is 2.30 bits per heavy atom. The normalized spacial score (nSPS) is 15.5. The molecule has 0 unspecified atom stereocenters. The minimum atomic E-state index is -3.69. The third kappa shape index (κ3) is 4.61.